The molecule has 0 atom stereocenters. The number of nitrogens with two attached hydrogens (primary N) is 1. The van der Waals surface area contributed by atoms with E-state index in [9.17, 15) is 18.0 Å². The molecule has 2 amide bonds. The van der Waals surface area contributed by atoms with E-state index < -0.39 is 15.9 Å². The van der Waals surface area contributed by atoms with Crippen molar-refractivity contribution in [2.75, 3.05) is 33.4 Å². The number of sulfonamides is 1. The van der Waals surface area contributed by atoms with Crippen LogP contribution in [0, 0.1) is 0 Å². The summed E-state index contributed by atoms with van der Waals surface area (Å²) in [5, 5.41) is 0. The fourth-order valence-electron chi connectivity index (χ4n) is 3.15. The summed E-state index contributed by atoms with van der Waals surface area (Å²) in [6.07, 6.45) is 0. The lowest BCUT2D eigenvalue weighted by Gasteiger charge is -2.26. The van der Waals surface area contributed by atoms with Gasteiger partial charge in [0.1, 0.15) is 0 Å². The van der Waals surface area contributed by atoms with Crippen LogP contribution in [0.25, 0.3) is 0 Å². The SMILES string of the molecule is CN(Cc1cccc(C(N)=O)c1)C(=O)c1ccc(Br)c(S(=O)(=O)N2CCOCC2)c1. The van der Waals surface area contributed by atoms with E-state index in [1.807, 2.05) is 0 Å². The van der Waals surface area contributed by atoms with Crippen molar-refractivity contribution >= 4 is 37.8 Å². The zero-order valence-corrected chi connectivity index (χ0v) is 18.8. The van der Waals surface area contributed by atoms with E-state index in [0.29, 0.717) is 23.2 Å². The Morgan fingerprint density at radius 3 is 2.50 bits per heavy atom. The highest BCUT2D eigenvalue weighted by Gasteiger charge is 2.29. The third kappa shape index (κ3) is 4.89. The van der Waals surface area contributed by atoms with Crippen molar-refractivity contribution in [1.82, 2.24) is 9.21 Å². The molecule has 30 heavy (non-hydrogen) atoms. The van der Waals surface area contributed by atoms with Gasteiger partial charge in [0, 0.05) is 42.3 Å². The molecule has 2 N–H and O–H groups in total. The summed E-state index contributed by atoms with van der Waals surface area (Å²) >= 11 is 3.29. The number of carbonyl (C=O) groups is 2. The minimum Gasteiger partial charge on any atom is -0.379 e. The highest BCUT2D eigenvalue weighted by molar-refractivity contribution is 9.10. The maximum Gasteiger partial charge on any atom is 0.253 e. The maximum atomic E-state index is 13.0. The zero-order valence-electron chi connectivity index (χ0n) is 16.4. The number of amides is 2. The van der Waals surface area contributed by atoms with Crippen LogP contribution in [0.15, 0.2) is 51.8 Å². The van der Waals surface area contributed by atoms with Crippen molar-refractivity contribution < 1.29 is 22.7 Å². The number of primary amides is 1. The van der Waals surface area contributed by atoms with Gasteiger partial charge in [-0.3, -0.25) is 9.59 Å². The minimum absolute atomic E-state index is 0.0411. The van der Waals surface area contributed by atoms with E-state index in [0.717, 1.165) is 5.56 Å². The standard InChI is InChI=1S/C20H22BrN3O5S/c1-23(13-14-3-2-4-15(11-14)19(22)25)20(26)16-5-6-17(21)18(12-16)30(27,28)24-7-9-29-10-8-24/h2-6,11-12H,7-10,13H2,1H3,(H2,22,25). The number of carbonyl (C=O) groups excluding carboxylic acids is 2. The highest BCUT2D eigenvalue weighted by atomic mass is 79.9. The van der Waals surface area contributed by atoms with Crippen LogP contribution in [0.2, 0.25) is 0 Å². The van der Waals surface area contributed by atoms with E-state index in [1.54, 1.807) is 43.4 Å². The molecule has 1 aliphatic rings. The van der Waals surface area contributed by atoms with Crippen LogP contribution in [0.5, 0.6) is 0 Å². The molecule has 0 spiro atoms. The lowest BCUT2D eigenvalue weighted by Crippen LogP contribution is -2.40. The second-order valence-electron chi connectivity index (χ2n) is 6.89. The summed E-state index contributed by atoms with van der Waals surface area (Å²) in [6, 6.07) is 11.2. The average Bonchev–Trinajstić information content (AvgIpc) is 2.74. The van der Waals surface area contributed by atoms with Crippen LogP contribution in [-0.4, -0.2) is 62.8 Å². The first kappa shape index (κ1) is 22.4. The Morgan fingerprint density at radius 2 is 1.83 bits per heavy atom. The second kappa shape index (κ2) is 9.25. The Kier molecular flexibility index (Phi) is 6.91. The van der Waals surface area contributed by atoms with Crippen molar-refractivity contribution in [2.24, 2.45) is 5.73 Å². The first-order valence-electron chi connectivity index (χ1n) is 9.22. The van der Waals surface area contributed by atoms with Gasteiger partial charge < -0.3 is 15.4 Å². The van der Waals surface area contributed by atoms with E-state index in [2.05, 4.69) is 15.9 Å². The quantitative estimate of drug-likeness (QED) is 0.657. The molecule has 1 saturated heterocycles. The van der Waals surface area contributed by atoms with Crippen molar-refractivity contribution in [3.05, 3.63) is 63.6 Å². The third-order valence-electron chi connectivity index (χ3n) is 4.74. The van der Waals surface area contributed by atoms with Crippen LogP contribution in [0.1, 0.15) is 26.3 Å². The van der Waals surface area contributed by atoms with Gasteiger partial charge in [0.2, 0.25) is 15.9 Å². The smallest absolute Gasteiger partial charge is 0.253 e. The minimum atomic E-state index is -3.76. The molecule has 1 heterocycles. The van der Waals surface area contributed by atoms with Gasteiger partial charge in [-0.15, -0.1) is 0 Å². The van der Waals surface area contributed by atoms with E-state index in [1.165, 1.54) is 15.3 Å². The fourth-order valence-corrected chi connectivity index (χ4v) is 5.51. The number of halogens is 1. The highest BCUT2D eigenvalue weighted by Crippen LogP contribution is 2.27. The van der Waals surface area contributed by atoms with Gasteiger partial charge in [0.25, 0.3) is 5.91 Å². The van der Waals surface area contributed by atoms with Crippen LogP contribution < -0.4 is 5.73 Å². The summed E-state index contributed by atoms with van der Waals surface area (Å²) in [5.41, 5.74) is 6.65. The Hall–Kier alpha value is -2.27. The predicted octanol–water partition coefficient (Wildman–Crippen LogP) is 1.84. The number of hydrogen-bond acceptors (Lipinski definition) is 5. The third-order valence-corrected chi connectivity index (χ3v) is 7.64. The molecule has 1 fully saturated rings. The molecule has 2 aromatic carbocycles. The Morgan fingerprint density at radius 1 is 1.13 bits per heavy atom. The summed E-state index contributed by atoms with van der Waals surface area (Å²) in [6.45, 7) is 1.44. The van der Waals surface area contributed by atoms with Crippen LogP contribution in [0.4, 0.5) is 0 Å². The molecule has 0 saturated carbocycles. The topological polar surface area (TPSA) is 110 Å². The van der Waals surface area contributed by atoms with Crippen molar-refractivity contribution in [1.29, 1.82) is 0 Å². The Labute approximate surface area is 183 Å². The van der Waals surface area contributed by atoms with Gasteiger partial charge in [0.15, 0.2) is 0 Å². The number of nitrogens with zero attached hydrogens (tertiary/aromatic N) is 2. The maximum absolute atomic E-state index is 13.0. The molecule has 2 aromatic rings. The van der Waals surface area contributed by atoms with E-state index in [-0.39, 0.29) is 36.0 Å². The van der Waals surface area contributed by atoms with Gasteiger partial charge in [0.05, 0.1) is 18.1 Å². The number of hydrogen-bond donors (Lipinski definition) is 1. The molecule has 0 unspecified atom stereocenters. The normalized spacial score (nSPS) is 15.0. The van der Waals surface area contributed by atoms with Gasteiger partial charge in [-0.2, -0.15) is 4.31 Å². The van der Waals surface area contributed by atoms with E-state index in [4.69, 9.17) is 10.5 Å². The number of morpholine rings is 1. The van der Waals surface area contributed by atoms with Gasteiger partial charge in [-0.1, -0.05) is 12.1 Å². The summed E-state index contributed by atoms with van der Waals surface area (Å²) in [5.74, 6) is -0.887. The van der Waals surface area contributed by atoms with Crippen LogP contribution >= 0.6 is 15.9 Å². The molecule has 0 bridgehead atoms. The molecule has 3 rings (SSSR count). The van der Waals surface area contributed by atoms with Gasteiger partial charge >= 0.3 is 0 Å². The molecular weight excluding hydrogens is 474 g/mol. The second-order valence-corrected chi connectivity index (χ2v) is 9.65. The molecular formula is C20H22BrN3O5S. The Balaban J connectivity index is 1.83. The lowest BCUT2D eigenvalue weighted by atomic mass is 10.1. The molecule has 0 aliphatic carbocycles. The van der Waals surface area contributed by atoms with Crippen molar-refractivity contribution in [2.45, 2.75) is 11.4 Å². The summed E-state index contributed by atoms with van der Waals surface area (Å²) in [7, 11) is -2.16. The number of rotatable bonds is 6. The largest absolute Gasteiger partial charge is 0.379 e. The molecule has 8 nitrogen and oxygen atoms in total. The first-order chi connectivity index (χ1) is 14.2. The van der Waals surface area contributed by atoms with Crippen molar-refractivity contribution in [3.8, 4) is 0 Å². The Bertz CT molecular complexity index is 1070. The summed E-state index contributed by atoms with van der Waals surface area (Å²) < 4.78 is 33.0. The van der Waals surface area contributed by atoms with Crippen molar-refractivity contribution in [3.63, 3.8) is 0 Å². The average molecular weight is 496 g/mol. The lowest BCUT2D eigenvalue weighted by molar-refractivity contribution is 0.0730. The zero-order chi connectivity index (χ0) is 21.9. The first-order valence-corrected chi connectivity index (χ1v) is 11.4. The van der Waals surface area contributed by atoms with Gasteiger partial charge in [-0.25, -0.2) is 8.42 Å². The molecule has 160 valence electrons. The molecule has 0 aromatic heterocycles. The van der Waals surface area contributed by atoms with Gasteiger partial charge in [-0.05, 0) is 51.8 Å². The monoisotopic (exact) mass is 495 g/mol. The van der Waals surface area contributed by atoms with E-state index >= 15 is 0 Å². The van der Waals surface area contributed by atoms with Crippen LogP contribution in [0.3, 0.4) is 0 Å². The molecule has 0 radical (unpaired) electrons. The fraction of sp³-hybridized carbons (Fsp3) is 0.300. The predicted molar refractivity (Wildman–Crippen MR) is 114 cm³/mol. The number of benzene rings is 2. The van der Waals surface area contributed by atoms with Crippen LogP contribution in [-0.2, 0) is 21.3 Å². The number of ether oxygens (including phenoxy) is 1. The molecule has 1 aliphatic heterocycles. The molecule has 10 heteroatoms. The summed E-state index contributed by atoms with van der Waals surface area (Å²) in [4.78, 5) is 25.8.